The molecule has 1 N–H and O–H groups in total. The molecule has 158 valence electrons. The quantitative estimate of drug-likeness (QED) is 0.749. The van der Waals surface area contributed by atoms with Crippen molar-refractivity contribution < 1.29 is 22.8 Å². The van der Waals surface area contributed by atoms with Crippen LogP contribution in [-0.4, -0.2) is 24.4 Å². The molecule has 2 aromatic carbocycles. The zero-order valence-corrected chi connectivity index (χ0v) is 16.4. The van der Waals surface area contributed by atoms with E-state index in [0.717, 1.165) is 30.5 Å². The molecule has 2 amide bonds. The number of nitrogens with zero attached hydrogens (tertiary/aromatic N) is 1. The van der Waals surface area contributed by atoms with Gasteiger partial charge in [0.2, 0.25) is 5.91 Å². The molecule has 30 heavy (non-hydrogen) atoms. The van der Waals surface area contributed by atoms with Crippen LogP contribution in [0.4, 0.5) is 18.9 Å². The van der Waals surface area contributed by atoms with Crippen molar-refractivity contribution in [3.05, 3.63) is 65.2 Å². The minimum absolute atomic E-state index is 0.0711. The average Bonchev–Trinajstić information content (AvgIpc) is 3.48. The van der Waals surface area contributed by atoms with Crippen LogP contribution >= 0.6 is 0 Å². The van der Waals surface area contributed by atoms with Crippen LogP contribution in [0.25, 0.3) is 0 Å². The minimum Gasteiger partial charge on any atom is -0.349 e. The molecule has 1 heterocycles. The zero-order valence-electron chi connectivity index (χ0n) is 16.4. The van der Waals surface area contributed by atoms with Crippen LogP contribution in [-0.2, 0) is 17.4 Å². The fraction of sp³-hybridized carbons (Fsp3) is 0.391. The normalized spacial score (nSPS) is 17.8. The van der Waals surface area contributed by atoms with Crippen molar-refractivity contribution in [3.63, 3.8) is 0 Å². The maximum Gasteiger partial charge on any atom is 0.416 e. The Bertz CT molecular complexity index is 939. The van der Waals surface area contributed by atoms with Crippen LogP contribution in [0.15, 0.2) is 48.5 Å². The second-order valence-electron chi connectivity index (χ2n) is 8.02. The summed E-state index contributed by atoms with van der Waals surface area (Å²) < 4.78 is 40.3. The molecule has 0 spiro atoms. The second kappa shape index (κ2) is 8.13. The Hall–Kier alpha value is -2.83. The second-order valence-corrected chi connectivity index (χ2v) is 8.02. The third-order valence-electron chi connectivity index (χ3n) is 5.70. The van der Waals surface area contributed by atoms with Gasteiger partial charge >= 0.3 is 6.18 Å². The molecule has 0 bridgehead atoms. The lowest BCUT2D eigenvalue weighted by Crippen LogP contribution is -2.38. The predicted octanol–water partition coefficient (Wildman–Crippen LogP) is 4.58. The Morgan fingerprint density at radius 1 is 1.13 bits per heavy atom. The van der Waals surface area contributed by atoms with Gasteiger partial charge in [-0.25, -0.2) is 0 Å². The van der Waals surface area contributed by atoms with Gasteiger partial charge in [0, 0.05) is 30.3 Å². The molecule has 1 atom stereocenters. The standard InChI is InChI=1S/C23H23F3N2O2/c24-23(25,26)18-12-17(13-19(14-18)28-10-4-7-21(28)29)22(30)27-20(16-8-9-16)11-15-5-2-1-3-6-15/h1-3,5-6,12-14,16,20H,4,7-11H2,(H,27,30). The van der Waals surface area contributed by atoms with Crippen molar-refractivity contribution in [3.8, 4) is 0 Å². The van der Waals surface area contributed by atoms with E-state index < -0.39 is 17.6 Å². The monoisotopic (exact) mass is 416 g/mol. The van der Waals surface area contributed by atoms with Gasteiger partial charge in [-0.05, 0) is 55.4 Å². The van der Waals surface area contributed by atoms with Crippen molar-refractivity contribution in [2.45, 2.75) is 44.3 Å². The molecular formula is C23H23F3N2O2. The Kier molecular flexibility index (Phi) is 5.54. The highest BCUT2D eigenvalue weighted by Gasteiger charge is 2.35. The van der Waals surface area contributed by atoms with Crippen LogP contribution in [0.3, 0.4) is 0 Å². The molecule has 1 saturated carbocycles. The van der Waals surface area contributed by atoms with Crippen molar-refractivity contribution in [2.24, 2.45) is 5.92 Å². The lowest BCUT2D eigenvalue weighted by molar-refractivity contribution is -0.137. The van der Waals surface area contributed by atoms with Crippen molar-refractivity contribution in [1.29, 1.82) is 0 Å². The Morgan fingerprint density at radius 3 is 2.47 bits per heavy atom. The first-order chi connectivity index (χ1) is 14.3. The summed E-state index contributed by atoms with van der Waals surface area (Å²) in [6, 6.07) is 12.8. The fourth-order valence-electron chi connectivity index (χ4n) is 3.94. The molecule has 1 unspecified atom stereocenters. The number of benzene rings is 2. The number of hydrogen-bond acceptors (Lipinski definition) is 2. The fourth-order valence-corrected chi connectivity index (χ4v) is 3.94. The average molecular weight is 416 g/mol. The minimum atomic E-state index is -4.60. The third-order valence-corrected chi connectivity index (χ3v) is 5.70. The van der Waals surface area contributed by atoms with Gasteiger partial charge in [0.05, 0.1) is 5.56 Å². The number of hydrogen-bond donors (Lipinski definition) is 1. The number of rotatable bonds is 6. The Balaban J connectivity index is 1.59. The number of anilines is 1. The van der Waals surface area contributed by atoms with Crippen LogP contribution in [0.2, 0.25) is 0 Å². The molecular weight excluding hydrogens is 393 g/mol. The first kappa shape index (κ1) is 20.4. The molecule has 1 aliphatic heterocycles. The maximum absolute atomic E-state index is 13.4. The smallest absolute Gasteiger partial charge is 0.349 e. The predicted molar refractivity (Wildman–Crippen MR) is 107 cm³/mol. The molecule has 2 aromatic rings. The molecule has 2 fully saturated rings. The highest BCUT2D eigenvalue weighted by molar-refractivity contribution is 5.99. The van der Waals surface area contributed by atoms with Crippen LogP contribution in [0.1, 0.15) is 47.2 Å². The van der Waals surface area contributed by atoms with E-state index in [1.165, 1.54) is 11.0 Å². The van der Waals surface area contributed by atoms with E-state index in [0.29, 0.717) is 31.7 Å². The highest BCUT2D eigenvalue weighted by Crippen LogP contribution is 2.36. The van der Waals surface area contributed by atoms with Crippen molar-refractivity contribution in [2.75, 3.05) is 11.4 Å². The number of carbonyl (C=O) groups excluding carboxylic acids is 2. The summed E-state index contributed by atoms with van der Waals surface area (Å²) in [4.78, 5) is 26.3. The lowest BCUT2D eigenvalue weighted by atomic mass is 10.0. The van der Waals surface area contributed by atoms with Gasteiger partial charge in [-0.3, -0.25) is 9.59 Å². The summed E-state index contributed by atoms with van der Waals surface area (Å²) in [6.45, 7) is 0.361. The molecule has 7 heteroatoms. The first-order valence-electron chi connectivity index (χ1n) is 10.2. The van der Waals surface area contributed by atoms with E-state index in [1.807, 2.05) is 30.3 Å². The summed E-state index contributed by atoms with van der Waals surface area (Å²) in [6.07, 6.45) is -1.08. The summed E-state index contributed by atoms with van der Waals surface area (Å²) in [5, 5.41) is 2.94. The molecule has 1 aliphatic carbocycles. The molecule has 0 radical (unpaired) electrons. The van der Waals surface area contributed by atoms with E-state index in [-0.39, 0.29) is 23.2 Å². The van der Waals surface area contributed by atoms with Crippen molar-refractivity contribution in [1.82, 2.24) is 5.32 Å². The van der Waals surface area contributed by atoms with Gasteiger partial charge in [-0.1, -0.05) is 30.3 Å². The Morgan fingerprint density at radius 2 is 1.87 bits per heavy atom. The number of amides is 2. The van der Waals surface area contributed by atoms with E-state index in [2.05, 4.69) is 5.32 Å². The number of carbonyl (C=O) groups is 2. The molecule has 1 saturated heterocycles. The number of alkyl halides is 3. The first-order valence-corrected chi connectivity index (χ1v) is 10.2. The largest absolute Gasteiger partial charge is 0.416 e. The van der Waals surface area contributed by atoms with E-state index in [1.54, 1.807) is 0 Å². The van der Waals surface area contributed by atoms with Crippen LogP contribution < -0.4 is 10.2 Å². The molecule has 0 aromatic heterocycles. The number of halogens is 3. The van der Waals surface area contributed by atoms with Gasteiger partial charge < -0.3 is 10.2 Å². The summed E-state index contributed by atoms with van der Waals surface area (Å²) in [7, 11) is 0. The molecule has 2 aliphatic rings. The summed E-state index contributed by atoms with van der Waals surface area (Å²) in [5.41, 5.74) is 0.208. The highest BCUT2D eigenvalue weighted by atomic mass is 19.4. The lowest BCUT2D eigenvalue weighted by Gasteiger charge is -2.21. The van der Waals surface area contributed by atoms with Gasteiger partial charge in [0.25, 0.3) is 5.91 Å². The Labute approximate surface area is 173 Å². The maximum atomic E-state index is 13.4. The van der Waals surface area contributed by atoms with Crippen LogP contribution in [0, 0.1) is 5.92 Å². The van der Waals surface area contributed by atoms with E-state index in [9.17, 15) is 22.8 Å². The SMILES string of the molecule is O=C(NC(Cc1ccccc1)C1CC1)c1cc(N2CCCC2=O)cc(C(F)(F)F)c1. The van der Waals surface area contributed by atoms with Gasteiger partial charge in [-0.15, -0.1) is 0 Å². The topological polar surface area (TPSA) is 49.4 Å². The zero-order chi connectivity index (χ0) is 21.3. The van der Waals surface area contributed by atoms with E-state index >= 15 is 0 Å². The van der Waals surface area contributed by atoms with Gasteiger partial charge in [-0.2, -0.15) is 13.2 Å². The molecule has 4 nitrogen and oxygen atoms in total. The van der Waals surface area contributed by atoms with Gasteiger partial charge in [0.1, 0.15) is 0 Å². The number of nitrogens with one attached hydrogen (secondary N) is 1. The summed E-state index contributed by atoms with van der Waals surface area (Å²) >= 11 is 0. The van der Waals surface area contributed by atoms with Gasteiger partial charge in [0.15, 0.2) is 0 Å². The van der Waals surface area contributed by atoms with Crippen molar-refractivity contribution >= 4 is 17.5 Å². The summed E-state index contributed by atoms with van der Waals surface area (Å²) in [5.74, 6) is -0.429. The van der Waals surface area contributed by atoms with Crippen LogP contribution in [0.5, 0.6) is 0 Å². The third kappa shape index (κ3) is 4.66. The molecule has 4 rings (SSSR count). The van der Waals surface area contributed by atoms with E-state index in [4.69, 9.17) is 0 Å².